The maximum Gasteiger partial charge on any atom is 0.249 e. The number of carbonyl (C=O) groups excluding carboxylic acids is 1. The Balaban J connectivity index is 2.22. The third kappa shape index (κ3) is 2.82. The van der Waals surface area contributed by atoms with E-state index in [9.17, 15) is 9.18 Å². The van der Waals surface area contributed by atoms with Crippen LogP contribution in [-0.2, 0) is 6.61 Å². The molecular weight excluding hydrogens is 247 g/mol. The summed E-state index contributed by atoms with van der Waals surface area (Å²) in [4.78, 5) is 11.2. The van der Waals surface area contributed by atoms with Crippen LogP contribution in [0.25, 0.3) is 0 Å². The first-order chi connectivity index (χ1) is 9.09. The highest BCUT2D eigenvalue weighted by atomic mass is 19.1. The molecule has 0 heterocycles. The van der Waals surface area contributed by atoms with Crippen LogP contribution in [0, 0.1) is 5.82 Å². The number of amides is 1. The first kappa shape index (κ1) is 12.9. The lowest BCUT2D eigenvalue weighted by Gasteiger charge is -2.11. The average molecular weight is 260 g/mol. The van der Waals surface area contributed by atoms with E-state index >= 15 is 0 Å². The fourth-order valence-corrected chi connectivity index (χ4v) is 1.71. The Bertz CT molecular complexity index is 594. The van der Waals surface area contributed by atoms with Crippen molar-refractivity contribution in [2.45, 2.75) is 6.61 Å². The van der Waals surface area contributed by atoms with Crippen LogP contribution in [0.1, 0.15) is 15.9 Å². The van der Waals surface area contributed by atoms with Crippen molar-refractivity contribution in [3.63, 3.8) is 0 Å². The molecule has 2 rings (SSSR count). The number of nitrogen functional groups attached to an aromatic ring is 1. The summed E-state index contributed by atoms with van der Waals surface area (Å²) in [6.07, 6.45) is 0. The molecule has 1 amide bonds. The van der Waals surface area contributed by atoms with Crippen LogP contribution in [0.3, 0.4) is 0 Å². The number of ether oxygens (including phenoxy) is 1. The summed E-state index contributed by atoms with van der Waals surface area (Å²) in [6.45, 7) is 0.0181. The predicted molar refractivity (Wildman–Crippen MR) is 70.1 cm³/mol. The lowest BCUT2D eigenvalue weighted by Crippen LogP contribution is -2.14. The molecule has 4 nitrogen and oxygen atoms in total. The second-order valence-corrected chi connectivity index (χ2v) is 3.97. The summed E-state index contributed by atoms with van der Waals surface area (Å²) in [5, 5.41) is 0. The minimum Gasteiger partial charge on any atom is -0.484 e. The Kier molecular flexibility index (Phi) is 3.66. The Morgan fingerprint density at radius 2 is 1.89 bits per heavy atom. The van der Waals surface area contributed by atoms with E-state index in [2.05, 4.69) is 0 Å². The van der Waals surface area contributed by atoms with Crippen molar-refractivity contribution in [2.75, 3.05) is 5.73 Å². The number of rotatable bonds is 4. The molecule has 4 N–H and O–H groups in total. The van der Waals surface area contributed by atoms with E-state index in [4.69, 9.17) is 16.2 Å². The molecule has 0 aliphatic rings. The molecule has 98 valence electrons. The van der Waals surface area contributed by atoms with E-state index < -0.39 is 11.7 Å². The molecule has 0 bridgehead atoms. The Hall–Kier alpha value is -2.56. The lowest BCUT2D eigenvalue weighted by atomic mass is 10.1. The first-order valence-electron chi connectivity index (χ1n) is 5.64. The second kappa shape index (κ2) is 5.39. The summed E-state index contributed by atoms with van der Waals surface area (Å²) in [5.41, 5.74) is 12.0. The molecule has 0 saturated heterocycles. The van der Waals surface area contributed by atoms with Crippen LogP contribution in [0.15, 0.2) is 42.5 Å². The summed E-state index contributed by atoms with van der Waals surface area (Å²) in [5.74, 6) is -1.13. The van der Waals surface area contributed by atoms with Gasteiger partial charge in [0, 0.05) is 11.1 Å². The molecule has 0 saturated carbocycles. The number of halogens is 1. The Morgan fingerprint density at radius 1 is 1.16 bits per heavy atom. The van der Waals surface area contributed by atoms with Crippen molar-refractivity contribution < 1.29 is 13.9 Å². The fraction of sp³-hybridized carbons (Fsp3) is 0.0714. The van der Waals surface area contributed by atoms with Gasteiger partial charge in [0.2, 0.25) is 5.91 Å². The van der Waals surface area contributed by atoms with Crippen LogP contribution in [-0.4, -0.2) is 5.91 Å². The molecule has 19 heavy (non-hydrogen) atoms. The first-order valence-corrected chi connectivity index (χ1v) is 5.64. The zero-order chi connectivity index (χ0) is 13.8. The smallest absolute Gasteiger partial charge is 0.249 e. The van der Waals surface area contributed by atoms with Crippen molar-refractivity contribution in [1.82, 2.24) is 0 Å². The number of hydrogen-bond donors (Lipinski definition) is 2. The molecule has 0 aliphatic carbocycles. The zero-order valence-electron chi connectivity index (χ0n) is 10.1. The molecule has 5 heteroatoms. The van der Waals surface area contributed by atoms with Crippen molar-refractivity contribution in [2.24, 2.45) is 5.73 Å². The van der Waals surface area contributed by atoms with Crippen LogP contribution in [0.4, 0.5) is 10.1 Å². The number of hydrogen-bond acceptors (Lipinski definition) is 3. The SMILES string of the molecule is NC(=O)c1ccccc1COc1c(N)cccc1F. The van der Waals surface area contributed by atoms with Crippen molar-refractivity contribution in [3.8, 4) is 5.75 Å². The van der Waals surface area contributed by atoms with Crippen molar-refractivity contribution in [1.29, 1.82) is 0 Å². The van der Waals surface area contributed by atoms with Crippen LogP contribution >= 0.6 is 0 Å². The van der Waals surface area contributed by atoms with Gasteiger partial charge >= 0.3 is 0 Å². The van der Waals surface area contributed by atoms with Crippen molar-refractivity contribution >= 4 is 11.6 Å². The van der Waals surface area contributed by atoms with Gasteiger partial charge in [0.05, 0.1) is 5.69 Å². The molecule has 0 radical (unpaired) electrons. The van der Waals surface area contributed by atoms with Gasteiger partial charge in [-0.25, -0.2) is 4.39 Å². The lowest BCUT2D eigenvalue weighted by molar-refractivity contribution is 0.0998. The number of primary amides is 1. The van der Waals surface area contributed by atoms with Gasteiger partial charge < -0.3 is 16.2 Å². The predicted octanol–water partition coefficient (Wildman–Crippen LogP) is 2.09. The molecule has 2 aromatic carbocycles. The van der Waals surface area contributed by atoms with Gasteiger partial charge in [0.15, 0.2) is 11.6 Å². The molecule has 0 unspecified atom stereocenters. The molecular formula is C14H13FN2O2. The summed E-state index contributed by atoms with van der Waals surface area (Å²) in [6, 6.07) is 11.0. The van der Waals surface area contributed by atoms with E-state index in [1.54, 1.807) is 30.3 Å². The van der Waals surface area contributed by atoms with E-state index in [1.807, 2.05) is 0 Å². The molecule has 0 aliphatic heterocycles. The van der Waals surface area contributed by atoms with Crippen LogP contribution in [0.2, 0.25) is 0 Å². The monoisotopic (exact) mass is 260 g/mol. The Labute approximate surface area is 109 Å². The van der Waals surface area contributed by atoms with Gasteiger partial charge in [-0.1, -0.05) is 24.3 Å². The normalized spacial score (nSPS) is 10.2. The number of para-hydroxylation sites is 1. The maximum atomic E-state index is 13.5. The third-order valence-electron chi connectivity index (χ3n) is 2.65. The van der Waals surface area contributed by atoms with Gasteiger partial charge in [-0.05, 0) is 18.2 Å². The van der Waals surface area contributed by atoms with Gasteiger partial charge in [0.25, 0.3) is 0 Å². The highest BCUT2D eigenvalue weighted by molar-refractivity contribution is 5.94. The summed E-state index contributed by atoms with van der Waals surface area (Å²) < 4.78 is 18.9. The fourth-order valence-electron chi connectivity index (χ4n) is 1.71. The van der Waals surface area contributed by atoms with E-state index in [0.29, 0.717) is 11.1 Å². The molecule has 0 aromatic heterocycles. The molecule has 2 aromatic rings. The minimum absolute atomic E-state index is 0.0181. The second-order valence-electron chi connectivity index (χ2n) is 3.97. The van der Waals surface area contributed by atoms with Crippen molar-refractivity contribution in [3.05, 3.63) is 59.4 Å². The van der Waals surface area contributed by atoms with E-state index in [1.165, 1.54) is 12.1 Å². The van der Waals surface area contributed by atoms with Gasteiger partial charge in [-0.2, -0.15) is 0 Å². The summed E-state index contributed by atoms with van der Waals surface area (Å²) >= 11 is 0. The van der Waals surface area contributed by atoms with Crippen LogP contribution < -0.4 is 16.2 Å². The van der Waals surface area contributed by atoms with Gasteiger partial charge in [-0.15, -0.1) is 0 Å². The number of anilines is 1. The van der Waals surface area contributed by atoms with Crippen LogP contribution in [0.5, 0.6) is 5.75 Å². The highest BCUT2D eigenvalue weighted by Gasteiger charge is 2.11. The zero-order valence-corrected chi connectivity index (χ0v) is 10.1. The standard InChI is InChI=1S/C14H13FN2O2/c15-11-6-3-7-12(16)13(11)19-8-9-4-1-2-5-10(9)14(17)18/h1-7H,8,16H2,(H2,17,18). The minimum atomic E-state index is -0.555. The van der Waals surface area contributed by atoms with E-state index in [0.717, 1.165) is 0 Å². The topological polar surface area (TPSA) is 78.3 Å². The molecule has 0 fully saturated rings. The quantitative estimate of drug-likeness (QED) is 0.826. The molecule has 0 spiro atoms. The molecule has 0 atom stereocenters. The number of nitrogens with two attached hydrogens (primary N) is 2. The van der Waals surface area contributed by atoms with E-state index in [-0.39, 0.29) is 18.0 Å². The van der Waals surface area contributed by atoms with Gasteiger partial charge in [0.1, 0.15) is 6.61 Å². The summed E-state index contributed by atoms with van der Waals surface area (Å²) in [7, 11) is 0. The number of benzene rings is 2. The highest BCUT2D eigenvalue weighted by Crippen LogP contribution is 2.26. The maximum absolute atomic E-state index is 13.5. The van der Waals surface area contributed by atoms with Gasteiger partial charge in [-0.3, -0.25) is 4.79 Å². The Morgan fingerprint density at radius 3 is 2.58 bits per heavy atom. The average Bonchev–Trinajstić information content (AvgIpc) is 2.38. The largest absolute Gasteiger partial charge is 0.484 e. The third-order valence-corrected chi connectivity index (χ3v) is 2.65. The number of carbonyl (C=O) groups is 1.